The molecular formula is C6H13N3O. The van der Waals surface area contributed by atoms with Crippen LogP contribution in [0, 0.1) is 0 Å². The molecule has 10 heavy (non-hydrogen) atoms. The van der Waals surface area contributed by atoms with Gasteiger partial charge in [0.15, 0.2) is 0 Å². The van der Waals surface area contributed by atoms with E-state index < -0.39 is 0 Å². The van der Waals surface area contributed by atoms with E-state index in [1.165, 1.54) is 7.11 Å². The van der Waals surface area contributed by atoms with E-state index in [4.69, 9.17) is 5.73 Å². The third-order valence-corrected chi connectivity index (χ3v) is 1.58. The van der Waals surface area contributed by atoms with Gasteiger partial charge in [-0.15, -0.1) is 0 Å². The summed E-state index contributed by atoms with van der Waals surface area (Å²) in [6.07, 6.45) is 0. The molecule has 0 aromatic carbocycles. The average molecular weight is 143 g/mol. The Kier molecular flexibility index (Phi) is 2.24. The van der Waals surface area contributed by atoms with Gasteiger partial charge in [-0.1, -0.05) is 5.16 Å². The van der Waals surface area contributed by atoms with Crippen LogP contribution in [0.4, 0.5) is 0 Å². The Morgan fingerprint density at radius 2 is 2.50 bits per heavy atom. The van der Waals surface area contributed by atoms with E-state index >= 15 is 0 Å². The Bertz CT molecular complexity index is 146. The average Bonchev–Trinajstić information content (AvgIpc) is 2.13. The number of likely N-dealkylation sites (tertiary alicyclic amines) is 1. The molecule has 0 spiro atoms. The van der Waals surface area contributed by atoms with E-state index in [9.17, 15) is 0 Å². The summed E-state index contributed by atoms with van der Waals surface area (Å²) in [6.45, 7) is 1.71. The molecule has 2 N–H and O–H groups in total. The van der Waals surface area contributed by atoms with Crippen LogP contribution in [0.25, 0.3) is 0 Å². The van der Waals surface area contributed by atoms with Crippen molar-refractivity contribution in [3.8, 4) is 0 Å². The van der Waals surface area contributed by atoms with Crippen molar-refractivity contribution in [2.45, 2.75) is 6.04 Å². The van der Waals surface area contributed by atoms with Crippen LogP contribution in [0.3, 0.4) is 0 Å². The first kappa shape index (κ1) is 7.50. The van der Waals surface area contributed by atoms with Gasteiger partial charge >= 0.3 is 0 Å². The van der Waals surface area contributed by atoms with Gasteiger partial charge in [-0.2, -0.15) is 0 Å². The van der Waals surface area contributed by atoms with E-state index in [1.54, 1.807) is 0 Å². The molecule has 1 saturated heterocycles. The fourth-order valence-electron chi connectivity index (χ4n) is 1.11. The Morgan fingerprint density at radius 3 is 2.90 bits per heavy atom. The van der Waals surface area contributed by atoms with Gasteiger partial charge in [-0.05, 0) is 7.05 Å². The molecule has 58 valence electrons. The Hall–Kier alpha value is -0.610. The molecule has 0 radical (unpaired) electrons. The predicted octanol–water partition coefficient (Wildman–Crippen LogP) is -0.738. The Balaban J connectivity index is 2.54. The lowest BCUT2D eigenvalue weighted by molar-refractivity contribution is 0.212. The van der Waals surface area contributed by atoms with Gasteiger partial charge in [-0.3, -0.25) is 4.90 Å². The van der Waals surface area contributed by atoms with Gasteiger partial charge in [0.2, 0.25) is 0 Å². The summed E-state index contributed by atoms with van der Waals surface area (Å²) in [6, 6.07) is 0.0601. The fraction of sp³-hybridized carbons (Fsp3) is 0.833. The molecule has 4 heteroatoms. The normalized spacial score (nSPS) is 31.5. The third kappa shape index (κ3) is 1.46. The topological polar surface area (TPSA) is 50.8 Å². The molecule has 0 aromatic rings. The second-order valence-corrected chi connectivity index (χ2v) is 2.57. The van der Waals surface area contributed by atoms with Crippen molar-refractivity contribution < 1.29 is 4.84 Å². The second kappa shape index (κ2) is 2.98. The van der Waals surface area contributed by atoms with Crippen molar-refractivity contribution in [2.75, 3.05) is 27.2 Å². The summed E-state index contributed by atoms with van der Waals surface area (Å²) in [5.74, 6) is 0. The van der Waals surface area contributed by atoms with Crippen molar-refractivity contribution in [1.29, 1.82) is 0 Å². The quantitative estimate of drug-likeness (QED) is 0.492. The first-order valence-corrected chi connectivity index (χ1v) is 3.28. The zero-order chi connectivity index (χ0) is 7.56. The number of hydrogen-bond donors (Lipinski definition) is 1. The highest BCUT2D eigenvalue weighted by molar-refractivity contribution is 5.92. The van der Waals surface area contributed by atoms with Crippen molar-refractivity contribution in [3.63, 3.8) is 0 Å². The molecule has 1 aliphatic heterocycles. The summed E-state index contributed by atoms with van der Waals surface area (Å²) in [4.78, 5) is 6.74. The lowest BCUT2D eigenvalue weighted by Gasteiger charge is -2.02. The van der Waals surface area contributed by atoms with Gasteiger partial charge in [0.1, 0.15) is 7.11 Å². The van der Waals surface area contributed by atoms with Gasteiger partial charge in [0.25, 0.3) is 0 Å². The highest BCUT2D eigenvalue weighted by Gasteiger charge is 2.23. The van der Waals surface area contributed by atoms with Crippen molar-refractivity contribution in [3.05, 3.63) is 0 Å². The van der Waals surface area contributed by atoms with Crippen LogP contribution in [-0.2, 0) is 4.84 Å². The molecule has 1 rings (SSSR count). The Labute approximate surface area is 60.6 Å². The number of nitrogens with zero attached hydrogens (tertiary/aromatic N) is 2. The van der Waals surface area contributed by atoms with Crippen LogP contribution in [-0.4, -0.2) is 43.9 Å². The minimum Gasteiger partial charge on any atom is -0.399 e. The number of likely N-dealkylation sites (N-methyl/N-ethyl adjacent to an activating group) is 1. The highest BCUT2D eigenvalue weighted by Crippen LogP contribution is 2.01. The number of rotatable bonds is 1. The maximum Gasteiger partial charge on any atom is 0.106 e. The SMILES string of the molecule is CO/N=C1/CN(C)CC1N. The molecule has 1 aliphatic rings. The van der Waals surface area contributed by atoms with Crippen molar-refractivity contribution >= 4 is 5.71 Å². The van der Waals surface area contributed by atoms with Crippen LogP contribution in [0.1, 0.15) is 0 Å². The second-order valence-electron chi connectivity index (χ2n) is 2.57. The van der Waals surface area contributed by atoms with Gasteiger partial charge < -0.3 is 10.6 Å². The summed E-state index contributed by atoms with van der Waals surface area (Å²) in [5, 5.41) is 3.81. The molecule has 0 amide bonds. The molecule has 0 bridgehead atoms. The van der Waals surface area contributed by atoms with Gasteiger partial charge in [0, 0.05) is 13.1 Å². The van der Waals surface area contributed by atoms with Crippen LogP contribution >= 0.6 is 0 Å². The molecule has 1 fully saturated rings. The molecule has 0 saturated carbocycles. The fourth-order valence-corrected chi connectivity index (χ4v) is 1.11. The van der Waals surface area contributed by atoms with E-state index in [0.717, 1.165) is 18.8 Å². The van der Waals surface area contributed by atoms with Crippen LogP contribution in [0.5, 0.6) is 0 Å². The molecular weight excluding hydrogens is 130 g/mol. The van der Waals surface area contributed by atoms with Crippen LogP contribution in [0.2, 0.25) is 0 Å². The first-order chi connectivity index (χ1) is 4.74. The van der Waals surface area contributed by atoms with Crippen molar-refractivity contribution in [1.82, 2.24) is 4.90 Å². The monoisotopic (exact) mass is 143 g/mol. The molecule has 4 nitrogen and oxygen atoms in total. The van der Waals surface area contributed by atoms with Gasteiger partial charge in [-0.25, -0.2) is 0 Å². The zero-order valence-electron chi connectivity index (χ0n) is 6.37. The van der Waals surface area contributed by atoms with Crippen molar-refractivity contribution in [2.24, 2.45) is 10.9 Å². The summed E-state index contributed by atoms with van der Waals surface area (Å²) >= 11 is 0. The van der Waals surface area contributed by atoms with Crippen LogP contribution < -0.4 is 5.73 Å². The summed E-state index contributed by atoms with van der Waals surface area (Å²) in [5.41, 5.74) is 6.64. The number of hydrogen-bond acceptors (Lipinski definition) is 4. The summed E-state index contributed by atoms with van der Waals surface area (Å²) < 4.78 is 0. The number of nitrogens with two attached hydrogens (primary N) is 1. The van der Waals surface area contributed by atoms with E-state index in [2.05, 4.69) is 14.9 Å². The van der Waals surface area contributed by atoms with E-state index in [-0.39, 0.29) is 6.04 Å². The Morgan fingerprint density at radius 1 is 1.80 bits per heavy atom. The third-order valence-electron chi connectivity index (χ3n) is 1.58. The van der Waals surface area contributed by atoms with E-state index in [1.807, 2.05) is 7.05 Å². The zero-order valence-corrected chi connectivity index (χ0v) is 6.37. The summed E-state index contributed by atoms with van der Waals surface area (Å²) in [7, 11) is 3.55. The first-order valence-electron chi connectivity index (χ1n) is 3.28. The molecule has 1 heterocycles. The lowest BCUT2D eigenvalue weighted by atomic mass is 10.2. The largest absolute Gasteiger partial charge is 0.399 e. The maximum absolute atomic E-state index is 5.70. The number of oxime groups is 1. The van der Waals surface area contributed by atoms with Gasteiger partial charge in [0.05, 0.1) is 11.8 Å². The predicted molar refractivity (Wildman–Crippen MR) is 39.9 cm³/mol. The molecule has 1 unspecified atom stereocenters. The molecule has 0 aromatic heterocycles. The van der Waals surface area contributed by atoms with Crippen LogP contribution in [0.15, 0.2) is 5.16 Å². The minimum absolute atomic E-state index is 0.0601. The molecule has 0 aliphatic carbocycles. The minimum atomic E-state index is 0.0601. The van der Waals surface area contributed by atoms with E-state index in [0.29, 0.717) is 0 Å². The molecule has 1 atom stereocenters. The smallest absolute Gasteiger partial charge is 0.106 e. The lowest BCUT2D eigenvalue weighted by Crippen LogP contribution is -2.29. The highest BCUT2D eigenvalue weighted by atomic mass is 16.6. The standard InChI is InChI=1S/C6H13N3O/c1-9-3-5(7)6(4-9)8-10-2/h5H,3-4,7H2,1-2H3/b8-6-. The maximum atomic E-state index is 5.70.